The van der Waals surface area contributed by atoms with Crippen molar-refractivity contribution in [3.05, 3.63) is 65.3 Å². The highest BCUT2D eigenvalue weighted by molar-refractivity contribution is 9.10. The molecule has 3 heteroatoms. The summed E-state index contributed by atoms with van der Waals surface area (Å²) < 4.78 is 2.46. The van der Waals surface area contributed by atoms with Crippen LogP contribution >= 0.6 is 27.3 Å². The Morgan fingerprint density at radius 1 is 0.950 bits per heavy atom. The fourth-order valence-corrected chi connectivity index (χ4v) is 4.42. The van der Waals surface area contributed by atoms with Gasteiger partial charge in [-0.25, -0.2) is 0 Å². The molecule has 0 radical (unpaired) electrons. The molecule has 0 bridgehead atoms. The van der Waals surface area contributed by atoms with Gasteiger partial charge in [-0.3, -0.25) is 4.98 Å². The molecule has 0 saturated heterocycles. The molecule has 2 heterocycles. The van der Waals surface area contributed by atoms with Crippen LogP contribution in [0, 0.1) is 0 Å². The van der Waals surface area contributed by atoms with Gasteiger partial charge in [0.05, 0.1) is 10.4 Å². The van der Waals surface area contributed by atoms with Crippen LogP contribution in [0.2, 0.25) is 0 Å². The first-order valence-corrected chi connectivity index (χ1v) is 7.96. The second-order valence-electron chi connectivity index (χ2n) is 4.66. The molecular weight excluding hydrogens is 330 g/mol. The van der Waals surface area contributed by atoms with Gasteiger partial charge in [-0.05, 0) is 34.1 Å². The van der Waals surface area contributed by atoms with E-state index in [-0.39, 0.29) is 0 Å². The molecule has 0 N–H and O–H groups in total. The fraction of sp³-hybridized carbons (Fsp3) is 0. The Kier molecular flexibility index (Phi) is 2.83. The summed E-state index contributed by atoms with van der Waals surface area (Å²) in [6.07, 6.45) is 1.96. The second-order valence-corrected chi connectivity index (χ2v) is 6.50. The van der Waals surface area contributed by atoms with Gasteiger partial charge in [0, 0.05) is 31.7 Å². The van der Waals surface area contributed by atoms with E-state index in [9.17, 15) is 0 Å². The lowest BCUT2D eigenvalue weighted by Crippen LogP contribution is -1.80. The lowest BCUT2D eigenvalue weighted by Gasteiger charge is -2.01. The van der Waals surface area contributed by atoms with Crippen LogP contribution in [0.5, 0.6) is 0 Å². The zero-order valence-corrected chi connectivity index (χ0v) is 12.9. The molecule has 0 fully saturated rings. The van der Waals surface area contributed by atoms with Crippen molar-refractivity contribution in [3.8, 4) is 10.4 Å². The van der Waals surface area contributed by atoms with E-state index in [2.05, 4.69) is 57.3 Å². The van der Waals surface area contributed by atoms with Crippen LogP contribution in [0.25, 0.3) is 31.4 Å². The molecule has 0 atom stereocenters. The van der Waals surface area contributed by atoms with Crippen molar-refractivity contribution in [1.29, 1.82) is 0 Å². The maximum atomic E-state index is 4.55. The average molecular weight is 340 g/mol. The summed E-state index contributed by atoms with van der Waals surface area (Å²) in [7, 11) is 0. The second kappa shape index (κ2) is 4.69. The van der Waals surface area contributed by atoms with Crippen LogP contribution in [0.3, 0.4) is 0 Å². The van der Waals surface area contributed by atoms with E-state index in [0.717, 1.165) is 15.6 Å². The van der Waals surface area contributed by atoms with E-state index in [1.165, 1.54) is 20.3 Å². The Hall–Kier alpha value is -1.71. The van der Waals surface area contributed by atoms with Crippen molar-refractivity contribution >= 4 is 48.3 Å². The summed E-state index contributed by atoms with van der Waals surface area (Å²) in [6.45, 7) is 0. The molecular formula is C17H10BrNS. The Morgan fingerprint density at radius 3 is 2.65 bits per heavy atom. The first kappa shape index (κ1) is 12.1. The van der Waals surface area contributed by atoms with Crippen molar-refractivity contribution in [2.24, 2.45) is 0 Å². The number of aromatic nitrogens is 1. The number of halogens is 1. The zero-order chi connectivity index (χ0) is 13.5. The molecule has 2 aromatic heterocycles. The molecule has 4 aromatic rings. The molecule has 0 aliphatic carbocycles. The van der Waals surface area contributed by atoms with Gasteiger partial charge in [0.1, 0.15) is 0 Å². The molecule has 1 nitrogen and oxygen atoms in total. The van der Waals surface area contributed by atoms with Gasteiger partial charge in [0.15, 0.2) is 0 Å². The summed E-state index contributed by atoms with van der Waals surface area (Å²) in [4.78, 5) is 5.79. The number of hydrogen-bond donors (Lipinski definition) is 0. The van der Waals surface area contributed by atoms with Crippen LogP contribution in [0.1, 0.15) is 0 Å². The van der Waals surface area contributed by atoms with Gasteiger partial charge in [0.2, 0.25) is 0 Å². The molecule has 0 aliphatic heterocycles. The highest BCUT2D eigenvalue weighted by atomic mass is 79.9. The number of hydrogen-bond acceptors (Lipinski definition) is 2. The Balaban J connectivity index is 1.98. The van der Waals surface area contributed by atoms with E-state index in [1.54, 1.807) is 11.3 Å². The molecule has 96 valence electrons. The predicted molar refractivity (Wildman–Crippen MR) is 90.3 cm³/mol. The van der Waals surface area contributed by atoms with Crippen LogP contribution in [-0.4, -0.2) is 4.98 Å². The van der Waals surface area contributed by atoms with Crippen molar-refractivity contribution in [2.45, 2.75) is 0 Å². The molecule has 0 spiro atoms. The first-order chi connectivity index (χ1) is 9.83. The zero-order valence-electron chi connectivity index (χ0n) is 10.5. The Bertz CT molecular complexity index is 926. The summed E-state index contributed by atoms with van der Waals surface area (Å²) in [5.41, 5.74) is 2.20. The Morgan fingerprint density at radius 2 is 1.75 bits per heavy atom. The van der Waals surface area contributed by atoms with Gasteiger partial charge < -0.3 is 0 Å². The molecule has 0 amide bonds. The minimum Gasteiger partial charge on any atom is -0.256 e. The highest BCUT2D eigenvalue weighted by Gasteiger charge is 2.11. The van der Waals surface area contributed by atoms with Crippen molar-refractivity contribution in [1.82, 2.24) is 4.98 Å². The monoisotopic (exact) mass is 339 g/mol. The number of nitrogens with zero attached hydrogens (tertiary/aromatic N) is 1. The van der Waals surface area contributed by atoms with Gasteiger partial charge in [-0.2, -0.15) is 0 Å². The standard InChI is InChI=1S/C17H10BrNS/c18-16-13-6-2-4-8-15(13)20-17(16)12-9-11-5-1-3-7-14(11)19-10-12/h1-10H. The molecule has 0 saturated carbocycles. The molecule has 0 unspecified atom stereocenters. The fourth-order valence-electron chi connectivity index (χ4n) is 2.39. The predicted octanol–water partition coefficient (Wildman–Crippen LogP) is 5.88. The van der Waals surface area contributed by atoms with Crippen LogP contribution < -0.4 is 0 Å². The smallest absolute Gasteiger partial charge is 0.0702 e. The lowest BCUT2D eigenvalue weighted by atomic mass is 10.1. The summed E-state index contributed by atoms with van der Waals surface area (Å²) >= 11 is 5.53. The number of pyridine rings is 1. The van der Waals surface area contributed by atoms with Gasteiger partial charge in [0.25, 0.3) is 0 Å². The van der Waals surface area contributed by atoms with E-state index in [1.807, 2.05) is 24.4 Å². The van der Waals surface area contributed by atoms with Crippen molar-refractivity contribution in [2.75, 3.05) is 0 Å². The molecule has 0 aliphatic rings. The quantitative estimate of drug-likeness (QED) is 0.422. The van der Waals surface area contributed by atoms with Crippen LogP contribution in [0.4, 0.5) is 0 Å². The average Bonchev–Trinajstić information content (AvgIpc) is 2.84. The van der Waals surface area contributed by atoms with E-state index in [0.29, 0.717) is 0 Å². The minimum atomic E-state index is 1.04. The third-order valence-corrected chi connectivity index (χ3v) is 5.69. The molecule has 2 aromatic carbocycles. The van der Waals surface area contributed by atoms with E-state index < -0.39 is 0 Å². The molecule has 20 heavy (non-hydrogen) atoms. The van der Waals surface area contributed by atoms with Gasteiger partial charge >= 0.3 is 0 Å². The maximum absolute atomic E-state index is 4.55. The third kappa shape index (κ3) is 1.86. The first-order valence-electron chi connectivity index (χ1n) is 6.35. The Labute approximate surface area is 129 Å². The van der Waals surface area contributed by atoms with Crippen LogP contribution in [0.15, 0.2) is 65.3 Å². The number of thiophene rings is 1. The minimum absolute atomic E-state index is 1.04. The topological polar surface area (TPSA) is 12.9 Å². The van der Waals surface area contributed by atoms with Crippen molar-refractivity contribution in [3.63, 3.8) is 0 Å². The SMILES string of the molecule is Brc1c(-c2cnc3ccccc3c2)sc2ccccc12. The van der Waals surface area contributed by atoms with E-state index >= 15 is 0 Å². The van der Waals surface area contributed by atoms with E-state index in [4.69, 9.17) is 0 Å². The summed E-state index contributed by atoms with van der Waals surface area (Å²) in [5.74, 6) is 0. The lowest BCUT2D eigenvalue weighted by molar-refractivity contribution is 1.41. The van der Waals surface area contributed by atoms with Gasteiger partial charge in [-0.15, -0.1) is 11.3 Å². The van der Waals surface area contributed by atoms with Crippen molar-refractivity contribution < 1.29 is 0 Å². The maximum Gasteiger partial charge on any atom is 0.0702 e. The normalized spacial score (nSPS) is 11.2. The number of rotatable bonds is 1. The molecule has 4 rings (SSSR count). The number of benzene rings is 2. The largest absolute Gasteiger partial charge is 0.256 e. The van der Waals surface area contributed by atoms with Crippen LogP contribution in [-0.2, 0) is 0 Å². The number of fused-ring (bicyclic) bond motifs is 2. The highest BCUT2D eigenvalue weighted by Crippen LogP contribution is 2.42. The number of para-hydroxylation sites is 1. The summed E-state index contributed by atoms with van der Waals surface area (Å²) in [6, 6.07) is 18.9. The summed E-state index contributed by atoms with van der Waals surface area (Å²) in [5, 5.41) is 2.44. The third-order valence-electron chi connectivity index (χ3n) is 3.39. The van der Waals surface area contributed by atoms with Gasteiger partial charge in [-0.1, -0.05) is 36.4 Å².